The highest BCUT2D eigenvalue weighted by atomic mass is 127. The van der Waals surface area contributed by atoms with Gasteiger partial charge >= 0.3 is 0 Å². The number of hydrogen-bond acceptors (Lipinski definition) is 0. The van der Waals surface area contributed by atoms with Crippen LogP contribution >= 0.6 is 22.6 Å². The van der Waals surface area contributed by atoms with Crippen molar-refractivity contribution in [3.8, 4) is 0 Å². The van der Waals surface area contributed by atoms with Crippen LogP contribution < -0.4 is 0 Å². The fourth-order valence-electron chi connectivity index (χ4n) is 2.84. The smallest absolute Gasteiger partial charge is 0.00319 e. The van der Waals surface area contributed by atoms with Crippen molar-refractivity contribution in [1.82, 2.24) is 0 Å². The summed E-state index contributed by atoms with van der Waals surface area (Å²) in [5.41, 5.74) is 1.76. The van der Waals surface area contributed by atoms with E-state index >= 15 is 0 Å². The molecule has 1 fully saturated rings. The van der Waals surface area contributed by atoms with Crippen LogP contribution in [0, 0.1) is 17.8 Å². The van der Waals surface area contributed by atoms with Crippen LogP contribution in [0.4, 0.5) is 0 Å². The number of alkyl halides is 1. The fourth-order valence-corrected chi connectivity index (χ4v) is 4.36. The maximum Gasteiger partial charge on any atom is 0.00319 e. The van der Waals surface area contributed by atoms with Crippen LogP contribution in [0.5, 0.6) is 0 Å². The molecule has 2 aliphatic rings. The summed E-state index contributed by atoms with van der Waals surface area (Å²) >= 11 is 2.56. The van der Waals surface area contributed by atoms with E-state index in [9.17, 15) is 0 Å². The van der Waals surface area contributed by atoms with Crippen LogP contribution in [0.25, 0.3) is 0 Å². The van der Waals surface area contributed by atoms with Gasteiger partial charge < -0.3 is 0 Å². The summed E-state index contributed by atoms with van der Waals surface area (Å²) in [7, 11) is 0. The largest absolute Gasteiger partial charge is 0.0860 e. The summed E-state index contributed by atoms with van der Waals surface area (Å²) in [6.45, 7) is 2.40. The second-order valence-electron chi connectivity index (χ2n) is 4.36. The zero-order valence-electron chi connectivity index (χ0n) is 7.72. The van der Waals surface area contributed by atoms with Crippen molar-refractivity contribution in [2.45, 2.75) is 32.6 Å². The SMILES string of the molecule is CC1C=C2CCCC(C2)C1CI. The molecule has 0 radical (unpaired) electrons. The molecule has 0 aliphatic heterocycles. The highest BCUT2D eigenvalue weighted by Gasteiger charge is 2.31. The molecule has 0 aromatic carbocycles. The molecule has 2 aliphatic carbocycles. The molecule has 1 saturated carbocycles. The van der Waals surface area contributed by atoms with E-state index in [0.29, 0.717) is 0 Å². The van der Waals surface area contributed by atoms with Gasteiger partial charge in [-0.3, -0.25) is 0 Å². The molecule has 0 aromatic rings. The molecule has 12 heavy (non-hydrogen) atoms. The third kappa shape index (κ3) is 1.57. The van der Waals surface area contributed by atoms with Crippen LogP contribution in [0.3, 0.4) is 0 Å². The van der Waals surface area contributed by atoms with E-state index in [-0.39, 0.29) is 0 Å². The van der Waals surface area contributed by atoms with E-state index in [1.54, 1.807) is 5.57 Å². The van der Waals surface area contributed by atoms with E-state index in [1.807, 2.05) is 0 Å². The highest BCUT2D eigenvalue weighted by Crippen LogP contribution is 2.42. The van der Waals surface area contributed by atoms with Crippen molar-refractivity contribution in [2.75, 3.05) is 4.43 Å². The molecule has 0 nitrogen and oxygen atoms in total. The lowest BCUT2D eigenvalue weighted by molar-refractivity contribution is 0.241. The van der Waals surface area contributed by atoms with Gasteiger partial charge in [-0.2, -0.15) is 0 Å². The molecular weight excluding hydrogens is 259 g/mol. The Bertz CT molecular complexity index is 195. The van der Waals surface area contributed by atoms with Crippen molar-refractivity contribution in [1.29, 1.82) is 0 Å². The molecule has 0 amide bonds. The first kappa shape index (κ1) is 9.04. The van der Waals surface area contributed by atoms with Crippen molar-refractivity contribution < 1.29 is 0 Å². The monoisotopic (exact) mass is 276 g/mol. The van der Waals surface area contributed by atoms with Gasteiger partial charge in [-0.1, -0.05) is 41.2 Å². The number of halogens is 1. The van der Waals surface area contributed by atoms with Crippen LogP contribution in [0.15, 0.2) is 11.6 Å². The molecular formula is C11H17I. The topological polar surface area (TPSA) is 0 Å². The standard InChI is InChI=1S/C11H17I/c1-8-5-9-3-2-4-10(6-9)11(8)7-12/h5,8,10-11H,2-4,6-7H2,1H3. The Labute approximate surface area is 88.9 Å². The van der Waals surface area contributed by atoms with E-state index < -0.39 is 0 Å². The van der Waals surface area contributed by atoms with Gasteiger partial charge in [0.25, 0.3) is 0 Å². The Balaban J connectivity index is 2.18. The van der Waals surface area contributed by atoms with Gasteiger partial charge in [0.05, 0.1) is 0 Å². The summed E-state index contributed by atoms with van der Waals surface area (Å²) in [5, 5.41) is 0. The van der Waals surface area contributed by atoms with Gasteiger partial charge in [-0.05, 0) is 43.4 Å². The number of fused-ring (bicyclic) bond motifs is 2. The van der Waals surface area contributed by atoms with Gasteiger partial charge in [0, 0.05) is 4.43 Å². The quantitative estimate of drug-likeness (QED) is 0.388. The van der Waals surface area contributed by atoms with Crippen LogP contribution in [-0.2, 0) is 0 Å². The minimum absolute atomic E-state index is 0.857. The molecule has 3 atom stereocenters. The highest BCUT2D eigenvalue weighted by molar-refractivity contribution is 14.1. The van der Waals surface area contributed by atoms with E-state index in [4.69, 9.17) is 0 Å². The predicted octanol–water partition coefficient (Wildman–Crippen LogP) is 3.80. The molecule has 2 bridgehead atoms. The van der Waals surface area contributed by atoms with Crippen molar-refractivity contribution >= 4 is 22.6 Å². The first-order chi connectivity index (χ1) is 5.81. The third-order valence-electron chi connectivity index (χ3n) is 3.55. The van der Waals surface area contributed by atoms with Crippen molar-refractivity contribution in [3.63, 3.8) is 0 Å². The Morgan fingerprint density at radius 1 is 1.58 bits per heavy atom. The van der Waals surface area contributed by atoms with Crippen LogP contribution in [0.2, 0.25) is 0 Å². The van der Waals surface area contributed by atoms with Gasteiger partial charge in [-0.25, -0.2) is 0 Å². The second kappa shape index (κ2) is 3.69. The van der Waals surface area contributed by atoms with E-state index in [0.717, 1.165) is 17.8 Å². The fraction of sp³-hybridized carbons (Fsp3) is 0.818. The molecule has 1 heteroatoms. The lowest BCUT2D eigenvalue weighted by Crippen LogP contribution is -2.29. The van der Waals surface area contributed by atoms with Crippen LogP contribution in [-0.4, -0.2) is 4.43 Å². The Morgan fingerprint density at radius 3 is 3.17 bits per heavy atom. The minimum atomic E-state index is 0.857. The average molecular weight is 276 g/mol. The molecule has 3 unspecified atom stereocenters. The summed E-state index contributed by atoms with van der Waals surface area (Å²) in [6, 6.07) is 0. The van der Waals surface area contributed by atoms with E-state index in [1.165, 1.54) is 30.1 Å². The molecule has 2 rings (SSSR count). The number of hydrogen-bond donors (Lipinski definition) is 0. The molecule has 0 spiro atoms. The molecule has 0 N–H and O–H groups in total. The minimum Gasteiger partial charge on any atom is -0.0860 e. The molecule has 0 saturated heterocycles. The van der Waals surface area contributed by atoms with Crippen molar-refractivity contribution in [3.05, 3.63) is 11.6 Å². The lowest BCUT2D eigenvalue weighted by Gasteiger charge is -2.38. The Hall–Kier alpha value is 0.470. The maximum atomic E-state index is 2.56. The first-order valence-electron chi connectivity index (χ1n) is 5.07. The Kier molecular flexibility index (Phi) is 2.78. The van der Waals surface area contributed by atoms with E-state index in [2.05, 4.69) is 35.6 Å². The number of allylic oxidation sites excluding steroid dienone is 2. The maximum absolute atomic E-state index is 2.56. The summed E-state index contributed by atoms with van der Waals surface area (Å²) in [5.74, 6) is 2.87. The molecule has 68 valence electrons. The summed E-state index contributed by atoms with van der Waals surface area (Å²) < 4.78 is 1.35. The zero-order chi connectivity index (χ0) is 8.55. The summed E-state index contributed by atoms with van der Waals surface area (Å²) in [6.07, 6.45) is 8.33. The van der Waals surface area contributed by atoms with Gasteiger partial charge in [0.1, 0.15) is 0 Å². The van der Waals surface area contributed by atoms with Gasteiger partial charge in [0.2, 0.25) is 0 Å². The number of rotatable bonds is 1. The van der Waals surface area contributed by atoms with Gasteiger partial charge in [0.15, 0.2) is 0 Å². The van der Waals surface area contributed by atoms with Gasteiger partial charge in [-0.15, -0.1) is 0 Å². The first-order valence-corrected chi connectivity index (χ1v) is 6.59. The van der Waals surface area contributed by atoms with Crippen molar-refractivity contribution in [2.24, 2.45) is 17.8 Å². The summed E-state index contributed by atoms with van der Waals surface area (Å²) in [4.78, 5) is 0. The normalized spacial score (nSPS) is 40.8. The second-order valence-corrected chi connectivity index (χ2v) is 5.24. The molecule has 0 heterocycles. The molecule has 0 aromatic heterocycles. The Morgan fingerprint density at radius 2 is 2.42 bits per heavy atom. The zero-order valence-corrected chi connectivity index (χ0v) is 9.88. The average Bonchev–Trinajstić information content (AvgIpc) is 2.04. The predicted molar refractivity (Wildman–Crippen MR) is 61.6 cm³/mol. The third-order valence-corrected chi connectivity index (χ3v) is 4.57. The lowest BCUT2D eigenvalue weighted by atomic mass is 9.69. The van der Waals surface area contributed by atoms with Crippen LogP contribution in [0.1, 0.15) is 32.6 Å².